The van der Waals surface area contributed by atoms with E-state index >= 15 is 0 Å². The molecule has 6 heteroatoms. The van der Waals surface area contributed by atoms with E-state index < -0.39 is 11.3 Å². The van der Waals surface area contributed by atoms with Crippen LogP contribution in [0.1, 0.15) is 37.3 Å². The average Bonchev–Trinajstić information content (AvgIpc) is 3.25. The molecule has 0 aliphatic carbocycles. The van der Waals surface area contributed by atoms with Crippen molar-refractivity contribution in [1.82, 2.24) is 0 Å². The van der Waals surface area contributed by atoms with Gasteiger partial charge in [-0.05, 0) is 48.1 Å². The summed E-state index contributed by atoms with van der Waals surface area (Å²) >= 11 is 7.78. The number of ketones is 1. The summed E-state index contributed by atoms with van der Waals surface area (Å²) in [4.78, 5) is 26.2. The summed E-state index contributed by atoms with van der Waals surface area (Å²) in [7, 11) is 0. The lowest BCUT2D eigenvalue weighted by atomic mass is 10.0. The molecule has 2 aromatic carbocycles. The Balaban J connectivity index is 1.58. The Bertz CT molecular complexity index is 1130. The second kappa shape index (κ2) is 7.85. The lowest BCUT2D eigenvalue weighted by Crippen LogP contribution is -2.14. The number of rotatable bonds is 4. The molecule has 0 N–H and O–H groups in total. The van der Waals surface area contributed by atoms with E-state index in [0.29, 0.717) is 22.4 Å². The van der Waals surface area contributed by atoms with Crippen molar-refractivity contribution < 1.29 is 19.1 Å². The van der Waals surface area contributed by atoms with Gasteiger partial charge in [0.05, 0.1) is 5.56 Å². The molecule has 2 heterocycles. The predicted octanol–water partition coefficient (Wildman–Crippen LogP) is 5.87. The second-order valence-electron chi connectivity index (χ2n) is 6.72. The summed E-state index contributed by atoms with van der Waals surface area (Å²) < 4.78 is 11.2. The van der Waals surface area contributed by atoms with Crippen molar-refractivity contribution in [1.29, 1.82) is 0 Å². The zero-order valence-corrected chi connectivity index (χ0v) is 17.3. The number of alkyl halides is 1. The number of fused-ring (bicyclic) bond motifs is 1. The Labute approximate surface area is 177 Å². The fourth-order valence-corrected chi connectivity index (χ4v) is 4.15. The van der Waals surface area contributed by atoms with Crippen LogP contribution in [0.3, 0.4) is 0 Å². The fourth-order valence-electron chi connectivity index (χ4n) is 3.11. The zero-order chi connectivity index (χ0) is 20.5. The van der Waals surface area contributed by atoms with Crippen LogP contribution in [0.2, 0.25) is 0 Å². The number of carbonyl (C=O) groups excluding carboxylic acids is 2. The average molecular weight is 425 g/mol. The summed E-state index contributed by atoms with van der Waals surface area (Å²) in [6.45, 7) is 3.76. The van der Waals surface area contributed by atoms with Gasteiger partial charge in [-0.25, -0.2) is 4.79 Å². The molecule has 1 atom stereocenters. The highest BCUT2D eigenvalue weighted by atomic mass is 35.5. The molecule has 146 valence electrons. The van der Waals surface area contributed by atoms with Crippen molar-refractivity contribution in [3.05, 3.63) is 86.8 Å². The Morgan fingerprint density at radius 3 is 2.59 bits per heavy atom. The standard InChI is InChI=1S/C23H17ClO4S/c1-13-8-9-29-19(13)12-18-22(25)20-14(2)10-16(11-17(20)28-18)27-23(26)21(24)15-6-4-3-5-7-15/h3-12,21H,1-2H3/b18-12-. The summed E-state index contributed by atoms with van der Waals surface area (Å²) in [5.41, 5.74) is 2.89. The van der Waals surface area contributed by atoms with E-state index in [1.807, 2.05) is 24.4 Å². The number of aryl methyl sites for hydroxylation is 2. The number of hydrogen-bond donors (Lipinski definition) is 0. The van der Waals surface area contributed by atoms with Crippen molar-refractivity contribution in [2.24, 2.45) is 0 Å². The van der Waals surface area contributed by atoms with E-state index in [1.165, 1.54) is 0 Å². The van der Waals surface area contributed by atoms with Gasteiger partial charge in [0.2, 0.25) is 5.78 Å². The van der Waals surface area contributed by atoms with Crippen LogP contribution in [0, 0.1) is 13.8 Å². The smallest absolute Gasteiger partial charge is 0.334 e. The van der Waals surface area contributed by atoms with E-state index in [4.69, 9.17) is 21.1 Å². The Morgan fingerprint density at radius 1 is 1.14 bits per heavy atom. The van der Waals surface area contributed by atoms with Crippen molar-refractivity contribution in [3.8, 4) is 11.5 Å². The highest BCUT2D eigenvalue weighted by molar-refractivity contribution is 7.11. The van der Waals surface area contributed by atoms with Crippen LogP contribution in [0.25, 0.3) is 6.08 Å². The molecular weight excluding hydrogens is 408 g/mol. The molecule has 1 unspecified atom stereocenters. The number of Topliss-reactive ketones (excluding diaryl/α,β-unsaturated/α-hetero) is 1. The van der Waals surface area contributed by atoms with Gasteiger partial charge in [-0.1, -0.05) is 30.3 Å². The quantitative estimate of drug-likeness (QED) is 0.227. The molecule has 1 aliphatic heterocycles. The number of carbonyl (C=O) groups is 2. The summed E-state index contributed by atoms with van der Waals surface area (Å²) in [6, 6.07) is 14.2. The van der Waals surface area contributed by atoms with E-state index in [-0.39, 0.29) is 17.3 Å². The molecule has 0 spiro atoms. The summed E-state index contributed by atoms with van der Waals surface area (Å²) in [5, 5.41) is 1.04. The summed E-state index contributed by atoms with van der Waals surface area (Å²) in [6.07, 6.45) is 1.75. The molecule has 0 amide bonds. The highest BCUT2D eigenvalue weighted by Crippen LogP contribution is 2.38. The van der Waals surface area contributed by atoms with E-state index in [9.17, 15) is 9.59 Å². The number of esters is 1. The van der Waals surface area contributed by atoms with Gasteiger partial charge < -0.3 is 9.47 Å². The fraction of sp³-hybridized carbons (Fsp3) is 0.130. The molecular formula is C23H17ClO4S. The van der Waals surface area contributed by atoms with Gasteiger partial charge in [-0.2, -0.15) is 0 Å². The molecule has 4 rings (SSSR count). The SMILES string of the molecule is Cc1ccsc1/C=C1\Oc2cc(OC(=O)C(Cl)c3ccccc3)cc(C)c2C1=O. The lowest BCUT2D eigenvalue weighted by molar-refractivity contribution is -0.134. The van der Waals surface area contributed by atoms with Crippen LogP contribution in [-0.2, 0) is 4.79 Å². The van der Waals surface area contributed by atoms with Gasteiger partial charge in [0.1, 0.15) is 11.5 Å². The maximum Gasteiger partial charge on any atom is 0.334 e. The molecule has 0 fully saturated rings. The van der Waals surface area contributed by atoms with Gasteiger partial charge in [-0.3, -0.25) is 4.79 Å². The van der Waals surface area contributed by atoms with Crippen molar-refractivity contribution in [3.63, 3.8) is 0 Å². The highest BCUT2D eigenvalue weighted by Gasteiger charge is 2.31. The first-order valence-corrected chi connectivity index (χ1v) is 10.3. The molecule has 1 aliphatic rings. The van der Waals surface area contributed by atoms with Gasteiger partial charge in [-0.15, -0.1) is 22.9 Å². The van der Waals surface area contributed by atoms with Crippen LogP contribution in [0.15, 0.2) is 59.7 Å². The maximum atomic E-state index is 12.8. The molecule has 0 radical (unpaired) electrons. The summed E-state index contributed by atoms with van der Waals surface area (Å²) in [5.74, 6) is 0.157. The van der Waals surface area contributed by atoms with E-state index in [0.717, 1.165) is 10.4 Å². The number of allylic oxidation sites excluding steroid dienone is 1. The minimum absolute atomic E-state index is 0.178. The van der Waals surface area contributed by atoms with Gasteiger partial charge in [0.15, 0.2) is 11.1 Å². The number of ether oxygens (including phenoxy) is 2. The van der Waals surface area contributed by atoms with E-state index in [1.54, 1.807) is 60.7 Å². The molecule has 3 aromatic rings. The number of halogens is 1. The van der Waals surface area contributed by atoms with Crippen LogP contribution in [0.5, 0.6) is 11.5 Å². The second-order valence-corrected chi connectivity index (χ2v) is 8.10. The number of benzene rings is 2. The Hall–Kier alpha value is -2.89. The predicted molar refractivity (Wildman–Crippen MR) is 114 cm³/mol. The minimum Gasteiger partial charge on any atom is -0.452 e. The third kappa shape index (κ3) is 3.84. The van der Waals surface area contributed by atoms with Crippen LogP contribution in [0.4, 0.5) is 0 Å². The first kappa shape index (κ1) is 19.4. The normalized spacial score (nSPS) is 15.1. The first-order valence-electron chi connectivity index (χ1n) is 8.97. The van der Waals surface area contributed by atoms with Crippen LogP contribution in [-0.4, -0.2) is 11.8 Å². The van der Waals surface area contributed by atoms with Gasteiger partial charge in [0.25, 0.3) is 0 Å². The van der Waals surface area contributed by atoms with Crippen molar-refractivity contribution in [2.75, 3.05) is 0 Å². The van der Waals surface area contributed by atoms with Crippen LogP contribution < -0.4 is 9.47 Å². The first-order chi connectivity index (χ1) is 13.9. The largest absolute Gasteiger partial charge is 0.452 e. The van der Waals surface area contributed by atoms with E-state index in [2.05, 4.69) is 0 Å². The minimum atomic E-state index is -0.926. The Kier molecular flexibility index (Phi) is 5.26. The number of hydrogen-bond acceptors (Lipinski definition) is 5. The molecule has 1 aromatic heterocycles. The number of thiophene rings is 1. The molecule has 0 saturated heterocycles. The zero-order valence-electron chi connectivity index (χ0n) is 15.8. The van der Waals surface area contributed by atoms with Crippen molar-refractivity contribution >= 4 is 40.8 Å². The third-order valence-corrected chi connectivity index (χ3v) is 6.02. The topological polar surface area (TPSA) is 52.6 Å². The molecule has 0 bridgehead atoms. The molecule has 0 saturated carbocycles. The third-order valence-electron chi connectivity index (χ3n) is 4.63. The van der Waals surface area contributed by atoms with Crippen LogP contribution >= 0.6 is 22.9 Å². The monoisotopic (exact) mass is 424 g/mol. The van der Waals surface area contributed by atoms with Crippen molar-refractivity contribution in [2.45, 2.75) is 19.2 Å². The molecule has 29 heavy (non-hydrogen) atoms. The maximum absolute atomic E-state index is 12.8. The van der Waals surface area contributed by atoms with Gasteiger partial charge >= 0.3 is 5.97 Å². The van der Waals surface area contributed by atoms with Gasteiger partial charge in [0, 0.05) is 17.0 Å². The molecule has 4 nitrogen and oxygen atoms in total. The lowest BCUT2D eigenvalue weighted by Gasteiger charge is -2.11. The Morgan fingerprint density at radius 2 is 1.90 bits per heavy atom.